The zero-order valence-electron chi connectivity index (χ0n) is 16.7. The van der Waals surface area contributed by atoms with Crippen molar-refractivity contribution in [2.24, 2.45) is 5.41 Å². The van der Waals surface area contributed by atoms with Crippen LogP contribution >= 0.6 is 0 Å². The van der Waals surface area contributed by atoms with E-state index in [0.29, 0.717) is 18.5 Å². The van der Waals surface area contributed by atoms with Crippen molar-refractivity contribution in [3.8, 4) is 0 Å². The van der Waals surface area contributed by atoms with E-state index >= 15 is 0 Å². The fraction of sp³-hybridized carbons (Fsp3) is 0.682. The number of nitrogens with zero attached hydrogens (tertiary/aromatic N) is 2. The summed E-state index contributed by atoms with van der Waals surface area (Å²) in [5, 5.41) is 3.25. The number of piperidine rings is 2. The summed E-state index contributed by atoms with van der Waals surface area (Å²) in [6.07, 6.45) is 8.61. The molecule has 2 amide bonds. The molecule has 28 heavy (non-hydrogen) atoms. The van der Waals surface area contributed by atoms with E-state index in [1.165, 1.54) is 44.2 Å². The number of likely N-dealkylation sites (tertiary alicyclic amines) is 2. The monoisotopic (exact) mass is 391 g/mol. The summed E-state index contributed by atoms with van der Waals surface area (Å²) < 4.78 is 28.4. The molecular weight excluding hydrogens is 360 g/mol. The largest absolute Gasteiger partial charge is 0.324 e. The van der Waals surface area contributed by atoms with Gasteiger partial charge >= 0.3 is 6.03 Å². The Morgan fingerprint density at radius 2 is 1.89 bits per heavy atom. The molecule has 2 saturated heterocycles. The Balaban J connectivity index is 1.58. The number of amides is 2. The first-order valence-electron chi connectivity index (χ1n) is 10.7. The second-order valence-electron chi connectivity index (χ2n) is 8.90. The molecule has 0 aromatic heterocycles. The maximum absolute atomic E-state index is 14.6. The molecule has 1 spiro atoms. The van der Waals surface area contributed by atoms with Crippen LogP contribution in [0.3, 0.4) is 0 Å². The van der Waals surface area contributed by atoms with Gasteiger partial charge in [0.2, 0.25) is 0 Å². The lowest BCUT2D eigenvalue weighted by Crippen LogP contribution is -2.54. The van der Waals surface area contributed by atoms with Crippen molar-refractivity contribution in [2.45, 2.75) is 63.5 Å². The van der Waals surface area contributed by atoms with Crippen LogP contribution in [-0.2, 0) is 0 Å². The van der Waals surface area contributed by atoms with Crippen LogP contribution in [0.5, 0.6) is 0 Å². The van der Waals surface area contributed by atoms with Crippen molar-refractivity contribution in [2.75, 3.05) is 26.7 Å². The minimum Gasteiger partial charge on any atom is -0.324 e. The number of halogens is 2. The zero-order valence-corrected chi connectivity index (χ0v) is 16.7. The normalized spacial score (nSPS) is 27.4. The van der Waals surface area contributed by atoms with Crippen LogP contribution in [-0.4, -0.2) is 48.6 Å². The van der Waals surface area contributed by atoms with E-state index in [1.54, 1.807) is 4.90 Å². The van der Waals surface area contributed by atoms with E-state index in [1.807, 2.05) is 11.9 Å². The first-order chi connectivity index (χ1) is 13.5. The molecule has 2 heterocycles. The van der Waals surface area contributed by atoms with Gasteiger partial charge in [0.1, 0.15) is 11.6 Å². The molecule has 6 heteroatoms. The van der Waals surface area contributed by atoms with Crippen LogP contribution < -0.4 is 5.32 Å². The van der Waals surface area contributed by atoms with E-state index in [-0.39, 0.29) is 17.5 Å². The fourth-order valence-corrected chi connectivity index (χ4v) is 5.61. The number of hydrogen-bond donors (Lipinski definition) is 1. The van der Waals surface area contributed by atoms with Crippen LogP contribution in [0, 0.1) is 17.0 Å². The van der Waals surface area contributed by atoms with Gasteiger partial charge in [-0.25, -0.2) is 13.6 Å². The van der Waals surface area contributed by atoms with Crippen molar-refractivity contribution in [3.05, 3.63) is 35.4 Å². The van der Waals surface area contributed by atoms with E-state index in [0.717, 1.165) is 32.0 Å². The zero-order chi connectivity index (χ0) is 19.7. The standard InChI is InChI=1S/C22H31F2N3O/c1-25-17-7-12-27(20(14-17)18-13-16(23)5-6-19(18)24)21(28)26-11-4-10-22(15-26)8-2-3-9-22/h5-6,13,17,20,25H,2-4,7-12,14-15H2,1H3. The number of urea groups is 1. The maximum atomic E-state index is 14.6. The van der Waals surface area contributed by atoms with Crippen LogP contribution in [0.4, 0.5) is 13.6 Å². The number of carbonyl (C=O) groups excluding carboxylic acids is 1. The van der Waals surface area contributed by atoms with E-state index in [4.69, 9.17) is 0 Å². The van der Waals surface area contributed by atoms with Crippen LogP contribution in [0.1, 0.15) is 63.0 Å². The molecule has 154 valence electrons. The average Bonchev–Trinajstić information content (AvgIpc) is 3.16. The summed E-state index contributed by atoms with van der Waals surface area (Å²) in [6, 6.07) is 3.32. The van der Waals surface area contributed by atoms with Gasteiger partial charge in [-0.15, -0.1) is 0 Å². The fourth-order valence-electron chi connectivity index (χ4n) is 5.61. The molecule has 1 aliphatic carbocycles. The molecular formula is C22H31F2N3O. The third-order valence-corrected chi connectivity index (χ3v) is 7.17. The van der Waals surface area contributed by atoms with Crippen molar-refractivity contribution in [1.29, 1.82) is 0 Å². The first-order valence-corrected chi connectivity index (χ1v) is 10.7. The molecule has 2 aliphatic heterocycles. The van der Waals surface area contributed by atoms with Crippen LogP contribution in [0.25, 0.3) is 0 Å². The maximum Gasteiger partial charge on any atom is 0.320 e. The Hall–Kier alpha value is -1.69. The van der Waals surface area contributed by atoms with Gasteiger partial charge in [-0.1, -0.05) is 12.8 Å². The number of hydrogen-bond acceptors (Lipinski definition) is 2. The molecule has 4 nitrogen and oxygen atoms in total. The van der Waals surface area contributed by atoms with Gasteiger partial charge in [-0.3, -0.25) is 0 Å². The number of carbonyl (C=O) groups is 1. The Morgan fingerprint density at radius 3 is 2.64 bits per heavy atom. The van der Waals surface area contributed by atoms with Crippen molar-refractivity contribution in [1.82, 2.24) is 15.1 Å². The predicted molar refractivity (Wildman–Crippen MR) is 105 cm³/mol. The number of benzene rings is 1. The number of rotatable bonds is 2. The Labute approximate surface area is 166 Å². The molecule has 0 radical (unpaired) electrons. The van der Waals surface area contributed by atoms with Crippen LogP contribution in [0.2, 0.25) is 0 Å². The van der Waals surface area contributed by atoms with E-state index < -0.39 is 17.7 Å². The first kappa shape index (κ1) is 19.6. The Bertz CT molecular complexity index is 720. The molecule has 3 aliphatic rings. The molecule has 1 aromatic carbocycles. The molecule has 3 fully saturated rings. The van der Waals surface area contributed by atoms with Gasteiger partial charge in [-0.2, -0.15) is 0 Å². The highest BCUT2D eigenvalue weighted by Gasteiger charge is 2.42. The smallest absolute Gasteiger partial charge is 0.320 e. The molecule has 1 saturated carbocycles. The van der Waals surface area contributed by atoms with E-state index in [9.17, 15) is 13.6 Å². The molecule has 4 rings (SSSR count). The highest BCUT2D eigenvalue weighted by Crippen LogP contribution is 2.45. The highest BCUT2D eigenvalue weighted by molar-refractivity contribution is 5.75. The number of nitrogens with one attached hydrogen (secondary N) is 1. The summed E-state index contributed by atoms with van der Waals surface area (Å²) in [5.74, 6) is -0.898. The van der Waals surface area contributed by atoms with E-state index in [2.05, 4.69) is 5.32 Å². The minimum absolute atomic E-state index is 0.00538. The van der Waals surface area contributed by atoms with Crippen molar-refractivity contribution >= 4 is 6.03 Å². The lowest BCUT2D eigenvalue weighted by Gasteiger charge is -2.46. The quantitative estimate of drug-likeness (QED) is 0.808. The second kappa shape index (κ2) is 7.97. The second-order valence-corrected chi connectivity index (χ2v) is 8.90. The summed E-state index contributed by atoms with van der Waals surface area (Å²) in [7, 11) is 1.88. The minimum atomic E-state index is -0.460. The SMILES string of the molecule is CNC1CCN(C(=O)N2CCCC3(CCCC3)C2)C(c2cc(F)ccc2F)C1. The van der Waals surface area contributed by atoms with Gasteiger partial charge in [0.25, 0.3) is 0 Å². The third kappa shape index (κ3) is 3.76. The van der Waals surface area contributed by atoms with Gasteiger partial charge in [-0.05, 0) is 69.2 Å². The van der Waals surface area contributed by atoms with Gasteiger partial charge in [0.05, 0.1) is 6.04 Å². The molecule has 1 N–H and O–H groups in total. The third-order valence-electron chi connectivity index (χ3n) is 7.17. The Kier molecular flexibility index (Phi) is 5.59. The molecule has 0 bridgehead atoms. The van der Waals surface area contributed by atoms with Crippen molar-refractivity contribution in [3.63, 3.8) is 0 Å². The topological polar surface area (TPSA) is 35.6 Å². The molecule has 1 aromatic rings. The molecule has 2 atom stereocenters. The molecule has 2 unspecified atom stereocenters. The Morgan fingerprint density at radius 1 is 1.14 bits per heavy atom. The summed E-state index contributed by atoms with van der Waals surface area (Å²) in [4.78, 5) is 17.3. The lowest BCUT2D eigenvalue weighted by atomic mass is 9.78. The van der Waals surface area contributed by atoms with Crippen molar-refractivity contribution < 1.29 is 13.6 Å². The predicted octanol–water partition coefficient (Wildman–Crippen LogP) is 4.47. The highest BCUT2D eigenvalue weighted by atomic mass is 19.1. The van der Waals surface area contributed by atoms with Gasteiger partial charge < -0.3 is 15.1 Å². The summed E-state index contributed by atoms with van der Waals surface area (Å²) >= 11 is 0. The van der Waals surface area contributed by atoms with Crippen LogP contribution in [0.15, 0.2) is 18.2 Å². The van der Waals surface area contributed by atoms with Gasteiger partial charge in [0, 0.05) is 31.2 Å². The lowest BCUT2D eigenvalue weighted by molar-refractivity contribution is 0.0647. The summed E-state index contributed by atoms with van der Waals surface area (Å²) in [5.41, 5.74) is 0.581. The van der Waals surface area contributed by atoms with Gasteiger partial charge in [0.15, 0.2) is 0 Å². The average molecular weight is 392 g/mol. The summed E-state index contributed by atoms with van der Waals surface area (Å²) in [6.45, 7) is 2.15.